The van der Waals surface area contributed by atoms with Gasteiger partial charge < -0.3 is 0 Å². The summed E-state index contributed by atoms with van der Waals surface area (Å²) in [6.07, 6.45) is 3.94. The van der Waals surface area contributed by atoms with Gasteiger partial charge in [0, 0.05) is 22.7 Å². The van der Waals surface area contributed by atoms with Crippen LogP contribution in [0.4, 0.5) is 0 Å². The average Bonchev–Trinajstić information content (AvgIpc) is 2.56. The van der Waals surface area contributed by atoms with Crippen LogP contribution in [0.5, 0.6) is 0 Å². The third-order valence-corrected chi connectivity index (χ3v) is 7.05. The van der Waals surface area contributed by atoms with Crippen LogP contribution in [0.15, 0.2) is 46.5 Å². The van der Waals surface area contributed by atoms with Gasteiger partial charge in [0.1, 0.15) is 0 Å². The molecule has 1 aliphatic carbocycles. The van der Waals surface area contributed by atoms with Crippen LogP contribution in [0.2, 0.25) is 0 Å². The van der Waals surface area contributed by atoms with Crippen molar-refractivity contribution < 1.29 is 8.42 Å². The van der Waals surface area contributed by atoms with Crippen LogP contribution in [0.1, 0.15) is 37.1 Å². The number of hydrogen-bond donors (Lipinski definition) is 1. The lowest BCUT2D eigenvalue weighted by Gasteiger charge is -2.31. The molecular formula is C18H23N3O2S2. The van der Waals surface area contributed by atoms with Crippen LogP contribution in [-0.4, -0.2) is 29.7 Å². The van der Waals surface area contributed by atoms with E-state index in [-0.39, 0.29) is 11.3 Å². The van der Waals surface area contributed by atoms with Gasteiger partial charge in [-0.15, -0.1) is 0 Å². The summed E-state index contributed by atoms with van der Waals surface area (Å²) in [7, 11) is -3.51. The highest BCUT2D eigenvalue weighted by Crippen LogP contribution is 2.33. The first kappa shape index (κ1) is 18.4. The quantitative estimate of drug-likeness (QED) is 0.808. The molecule has 0 unspecified atom stereocenters. The van der Waals surface area contributed by atoms with E-state index in [4.69, 9.17) is 0 Å². The first-order valence-corrected chi connectivity index (χ1v) is 10.9. The Morgan fingerprint density at radius 3 is 2.36 bits per heavy atom. The zero-order valence-electron chi connectivity index (χ0n) is 14.5. The highest BCUT2D eigenvalue weighted by atomic mass is 32.2. The molecule has 2 atom stereocenters. The molecule has 25 heavy (non-hydrogen) atoms. The summed E-state index contributed by atoms with van der Waals surface area (Å²) in [5, 5.41) is 0.877. The molecule has 5 nitrogen and oxygen atoms in total. The summed E-state index contributed by atoms with van der Waals surface area (Å²) >= 11 is 1.59. The minimum atomic E-state index is -3.51. The molecule has 134 valence electrons. The highest BCUT2D eigenvalue weighted by molar-refractivity contribution is 7.99. The number of aromatic nitrogens is 2. The molecule has 7 heteroatoms. The molecule has 0 aliphatic heterocycles. The van der Waals surface area contributed by atoms with E-state index in [0.29, 0.717) is 4.90 Å². The summed E-state index contributed by atoms with van der Waals surface area (Å²) < 4.78 is 28.2. The van der Waals surface area contributed by atoms with Crippen molar-refractivity contribution >= 4 is 21.8 Å². The van der Waals surface area contributed by atoms with E-state index in [2.05, 4.69) is 14.7 Å². The van der Waals surface area contributed by atoms with E-state index >= 15 is 0 Å². The predicted molar refractivity (Wildman–Crippen MR) is 100 cm³/mol. The van der Waals surface area contributed by atoms with Gasteiger partial charge in [-0.3, -0.25) is 0 Å². The van der Waals surface area contributed by atoms with Crippen molar-refractivity contribution in [3.8, 4) is 0 Å². The van der Waals surface area contributed by atoms with E-state index in [1.54, 1.807) is 36.0 Å². The van der Waals surface area contributed by atoms with Gasteiger partial charge in [-0.25, -0.2) is 23.1 Å². The molecule has 0 bridgehead atoms. The second kappa shape index (κ2) is 7.85. The van der Waals surface area contributed by atoms with Crippen molar-refractivity contribution in [2.45, 2.75) is 60.9 Å². The maximum absolute atomic E-state index is 12.7. The van der Waals surface area contributed by atoms with Crippen molar-refractivity contribution in [3.05, 3.63) is 47.8 Å². The van der Waals surface area contributed by atoms with Crippen molar-refractivity contribution in [1.82, 2.24) is 14.7 Å². The molecule has 1 heterocycles. The van der Waals surface area contributed by atoms with Gasteiger partial charge in [-0.05, 0) is 44.9 Å². The monoisotopic (exact) mass is 377 g/mol. The van der Waals surface area contributed by atoms with Gasteiger partial charge in [0.2, 0.25) is 10.0 Å². The normalized spacial score (nSPS) is 21.2. The fourth-order valence-corrected chi connectivity index (χ4v) is 5.86. The molecule has 0 amide bonds. The van der Waals surface area contributed by atoms with Gasteiger partial charge in [0.15, 0.2) is 5.16 Å². The van der Waals surface area contributed by atoms with Crippen molar-refractivity contribution in [2.75, 3.05) is 0 Å². The Labute approximate surface area is 153 Å². The Morgan fingerprint density at radius 2 is 1.68 bits per heavy atom. The summed E-state index contributed by atoms with van der Waals surface area (Å²) in [6, 6.07) is 10.4. The fourth-order valence-electron chi connectivity index (χ4n) is 3.12. The van der Waals surface area contributed by atoms with Crippen LogP contribution >= 0.6 is 11.8 Å². The molecular weight excluding hydrogens is 354 g/mol. The minimum absolute atomic E-state index is 0.103. The Balaban J connectivity index is 1.77. The zero-order valence-corrected chi connectivity index (χ0v) is 16.1. The van der Waals surface area contributed by atoms with Gasteiger partial charge in [-0.2, -0.15) is 0 Å². The maximum atomic E-state index is 12.7. The van der Waals surface area contributed by atoms with Crippen LogP contribution in [0.3, 0.4) is 0 Å². The van der Waals surface area contributed by atoms with Gasteiger partial charge in [0.05, 0.1) is 4.90 Å². The molecule has 3 rings (SSSR count). The molecule has 0 spiro atoms. The number of thioether (sulfide) groups is 1. The largest absolute Gasteiger partial charge is 0.240 e. The number of aryl methyl sites for hydroxylation is 2. The molecule has 0 saturated heterocycles. The van der Waals surface area contributed by atoms with Crippen LogP contribution < -0.4 is 4.72 Å². The second-order valence-corrected chi connectivity index (χ2v) is 9.34. The third-order valence-electron chi connectivity index (χ3n) is 4.28. The Bertz CT molecular complexity index is 805. The fraction of sp³-hybridized carbons (Fsp3) is 0.444. The standard InChI is InChI=1S/C18H23N3O2S2/c1-13-12-14(2)20-18(19-13)24-17-11-7-6-10-16(17)21-25(22,23)15-8-4-3-5-9-15/h3-5,8-9,12,16-17,21H,6-7,10-11H2,1-2H3/t16-,17+/m0/s1. The van der Waals surface area contributed by atoms with Crippen LogP contribution in [-0.2, 0) is 10.0 Å². The van der Waals surface area contributed by atoms with Crippen molar-refractivity contribution in [2.24, 2.45) is 0 Å². The van der Waals surface area contributed by atoms with E-state index in [9.17, 15) is 8.42 Å². The SMILES string of the molecule is Cc1cc(C)nc(S[C@@H]2CCCC[C@@H]2NS(=O)(=O)c2ccccc2)n1. The van der Waals surface area contributed by atoms with Gasteiger partial charge in [-0.1, -0.05) is 42.8 Å². The third kappa shape index (κ3) is 4.80. The molecule has 1 aromatic heterocycles. The molecule has 0 radical (unpaired) electrons. The first-order valence-electron chi connectivity index (χ1n) is 8.50. The molecule has 2 aromatic rings. The predicted octanol–water partition coefficient (Wildman–Crippen LogP) is 3.48. The Morgan fingerprint density at radius 1 is 1.04 bits per heavy atom. The maximum Gasteiger partial charge on any atom is 0.240 e. The van der Waals surface area contributed by atoms with Crippen LogP contribution in [0.25, 0.3) is 0 Å². The smallest absolute Gasteiger partial charge is 0.228 e. The number of benzene rings is 1. The summed E-state index contributed by atoms with van der Waals surface area (Å²) in [6.45, 7) is 3.91. The zero-order chi connectivity index (χ0) is 17.9. The number of sulfonamides is 1. The molecule has 1 fully saturated rings. The first-order chi connectivity index (χ1) is 11.9. The topological polar surface area (TPSA) is 72.0 Å². The summed E-state index contributed by atoms with van der Waals surface area (Å²) in [5.41, 5.74) is 1.87. The molecule has 1 aliphatic rings. The van der Waals surface area contributed by atoms with Crippen LogP contribution in [0, 0.1) is 13.8 Å². The number of rotatable bonds is 5. The molecule has 1 saturated carbocycles. The number of hydrogen-bond acceptors (Lipinski definition) is 5. The lowest BCUT2D eigenvalue weighted by atomic mass is 9.96. The van der Waals surface area contributed by atoms with E-state index in [1.165, 1.54) is 0 Å². The molecule has 1 aromatic carbocycles. The number of nitrogens with zero attached hydrogens (tertiary/aromatic N) is 2. The minimum Gasteiger partial charge on any atom is -0.228 e. The summed E-state index contributed by atoms with van der Waals surface area (Å²) in [5.74, 6) is 0. The Kier molecular flexibility index (Phi) is 5.76. The van der Waals surface area contributed by atoms with E-state index in [1.807, 2.05) is 26.0 Å². The van der Waals surface area contributed by atoms with Gasteiger partial charge in [0.25, 0.3) is 0 Å². The second-order valence-electron chi connectivity index (χ2n) is 6.41. The van der Waals surface area contributed by atoms with E-state index < -0.39 is 10.0 Å². The van der Waals surface area contributed by atoms with Crippen molar-refractivity contribution in [3.63, 3.8) is 0 Å². The van der Waals surface area contributed by atoms with Gasteiger partial charge >= 0.3 is 0 Å². The summed E-state index contributed by atoms with van der Waals surface area (Å²) in [4.78, 5) is 9.30. The Hall–Kier alpha value is -1.44. The average molecular weight is 378 g/mol. The lowest BCUT2D eigenvalue weighted by Crippen LogP contribution is -2.43. The van der Waals surface area contributed by atoms with Crippen molar-refractivity contribution in [1.29, 1.82) is 0 Å². The highest BCUT2D eigenvalue weighted by Gasteiger charge is 2.31. The lowest BCUT2D eigenvalue weighted by molar-refractivity contribution is 0.422. The van der Waals surface area contributed by atoms with E-state index in [0.717, 1.165) is 42.2 Å². The number of nitrogens with one attached hydrogen (secondary N) is 1. The molecule has 1 N–H and O–H groups in total.